The molecule has 0 radical (unpaired) electrons. The van der Waals surface area contributed by atoms with Gasteiger partial charge in [-0.3, -0.25) is 9.42 Å². The molecule has 0 unspecified atom stereocenters. The molecule has 0 fully saturated rings. The average molecular weight is 304 g/mol. The molecule has 9 heteroatoms. The molecule has 1 rings (SSSR count). The first-order chi connectivity index (χ1) is 9.35. The monoisotopic (exact) mass is 304 g/mol. The fourth-order valence-electron chi connectivity index (χ4n) is 1.37. The highest BCUT2D eigenvalue weighted by atomic mass is 31.2. The van der Waals surface area contributed by atoms with E-state index in [1.54, 1.807) is 12.1 Å². The normalized spacial score (nSPS) is 11.2. The van der Waals surface area contributed by atoms with Gasteiger partial charge in [-0.2, -0.15) is 0 Å². The van der Waals surface area contributed by atoms with Crippen LogP contribution in [0.5, 0.6) is 0 Å². The number of phosphoric ester groups is 1. The first kappa shape index (κ1) is 16.6. The van der Waals surface area contributed by atoms with E-state index < -0.39 is 13.9 Å². The lowest BCUT2D eigenvalue weighted by Gasteiger charge is -2.18. The molecule has 2 N–H and O–H groups in total. The molecule has 112 valence electrons. The van der Waals surface area contributed by atoms with Crippen LogP contribution in [0.1, 0.15) is 18.9 Å². The molecule has 1 aromatic rings. The summed E-state index contributed by atoms with van der Waals surface area (Å²) in [5.41, 5.74) is 0.367. The first-order valence-electron chi connectivity index (χ1n) is 5.89. The predicted molar refractivity (Wildman–Crippen MR) is 71.1 cm³/mol. The summed E-state index contributed by atoms with van der Waals surface area (Å²) in [6.45, 7) is 1.79. The Hall–Kier alpha value is -1.47. The van der Waals surface area contributed by atoms with Crippen LogP contribution in [0.4, 0.5) is 10.6 Å². The molecule has 0 saturated carbocycles. The van der Waals surface area contributed by atoms with Crippen molar-refractivity contribution in [2.75, 3.05) is 18.6 Å². The van der Waals surface area contributed by atoms with Crippen LogP contribution in [0.2, 0.25) is 0 Å². The van der Waals surface area contributed by atoms with Crippen molar-refractivity contribution in [1.82, 2.24) is 4.98 Å². The second-order valence-electron chi connectivity index (χ2n) is 3.92. The van der Waals surface area contributed by atoms with Crippen LogP contribution in [0, 0.1) is 0 Å². The van der Waals surface area contributed by atoms with Crippen LogP contribution >= 0.6 is 7.82 Å². The van der Waals surface area contributed by atoms with E-state index in [1.165, 1.54) is 13.2 Å². The second kappa shape index (κ2) is 7.35. The molecule has 0 bridgehead atoms. The number of phosphoric acid groups is 1. The number of hydrogen-bond acceptors (Lipinski definition) is 5. The molecule has 0 aliphatic carbocycles. The Morgan fingerprint density at radius 3 is 2.80 bits per heavy atom. The maximum absolute atomic E-state index is 11.7. The fourth-order valence-corrected chi connectivity index (χ4v) is 1.68. The molecule has 1 heterocycles. The van der Waals surface area contributed by atoms with E-state index in [-0.39, 0.29) is 19.0 Å². The Bertz CT molecular complexity index is 503. The molecule has 1 amide bonds. The molecule has 0 spiro atoms. The highest BCUT2D eigenvalue weighted by Crippen LogP contribution is 2.37. The van der Waals surface area contributed by atoms with E-state index in [1.807, 2.05) is 6.92 Å². The van der Waals surface area contributed by atoms with Crippen LogP contribution in [0.15, 0.2) is 18.3 Å². The topological polar surface area (TPSA) is 109 Å². The van der Waals surface area contributed by atoms with Crippen LogP contribution < -0.4 is 4.90 Å². The van der Waals surface area contributed by atoms with Gasteiger partial charge in [0.15, 0.2) is 0 Å². The van der Waals surface area contributed by atoms with Crippen molar-refractivity contribution >= 4 is 19.7 Å². The largest absolute Gasteiger partial charge is 0.469 e. The fraction of sp³-hybridized carbons (Fsp3) is 0.455. The lowest BCUT2D eigenvalue weighted by molar-refractivity contribution is 0.155. The molecular formula is C11H17N2O6P. The summed E-state index contributed by atoms with van der Waals surface area (Å²) in [4.78, 5) is 34.3. The third-order valence-corrected chi connectivity index (χ3v) is 2.74. The summed E-state index contributed by atoms with van der Waals surface area (Å²) in [5.74, 6) is 0.224. The van der Waals surface area contributed by atoms with Gasteiger partial charge in [-0.05, 0) is 12.5 Å². The number of rotatable bonds is 6. The summed E-state index contributed by atoms with van der Waals surface area (Å²) < 4.78 is 20.1. The van der Waals surface area contributed by atoms with Gasteiger partial charge in [0.25, 0.3) is 0 Å². The molecule has 0 aliphatic heterocycles. The van der Waals surface area contributed by atoms with Crippen LogP contribution in [0.3, 0.4) is 0 Å². The molecule has 1 aromatic heterocycles. The number of ether oxygens (including phenoxy) is 1. The summed E-state index contributed by atoms with van der Waals surface area (Å²) in [7, 11) is -3.13. The van der Waals surface area contributed by atoms with Gasteiger partial charge >= 0.3 is 13.9 Å². The minimum absolute atomic E-state index is 0.224. The number of hydrogen-bond donors (Lipinski definition) is 2. The molecule has 8 nitrogen and oxygen atoms in total. The van der Waals surface area contributed by atoms with Crippen molar-refractivity contribution in [2.45, 2.75) is 20.0 Å². The van der Waals surface area contributed by atoms with E-state index in [2.05, 4.69) is 9.51 Å². The number of amides is 1. The highest BCUT2D eigenvalue weighted by molar-refractivity contribution is 7.46. The Balaban J connectivity index is 2.83. The van der Waals surface area contributed by atoms with Gasteiger partial charge in [-0.1, -0.05) is 13.0 Å². The van der Waals surface area contributed by atoms with Gasteiger partial charge in [0.2, 0.25) is 0 Å². The molecule has 20 heavy (non-hydrogen) atoms. The third kappa shape index (κ3) is 5.26. The lowest BCUT2D eigenvalue weighted by atomic mass is 10.2. The molecule has 0 atom stereocenters. The number of carbonyl (C=O) groups excluding carboxylic acids is 1. The highest BCUT2D eigenvalue weighted by Gasteiger charge is 2.20. The third-order valence-electron chi connectivity index (χ3n) is 2.28. The van der Waals surface area contributed by atoms with E-state index in [0.29, 0.717) is 12.0 Å². The maximum atomic E-state index is 11.7. The number of anilines is 1. The van der Waals surface area contributed by atoms with E-state index >= 15 is 0 Å². The second-order valence-corrected chi connectivity index (χ2v) is 5.16. The summed E-state index contributed by atoms with van der Waals surface area (Å²) >= 11 is 0. The Morgan fingerprint density at radius 1 is 1.50 bits per heavy atom. The van der Waals surface area contributed by atoms with Gasteiger partial charge in [-0.15, -0.1) is 0 Å². The Labute approximate surface area is 116 Å². The smallest absolute Gasteiger partial charge is 0.449 e. The summed E-state index contributed by atoms with van der Waals surface area (Å²) in [6.07, 6.45) is 1.55. The van der Waals surface area contributed by atoms with Crippen molar-refractivity contribution in [3.63, 3.8) is 0 Å². The predicted octanol–water partition coefficient (Wildman–Crippen LogP) is 1.67. The lowest BCUT2D eigenvalue weighted by Crippen LogP contribution is -2.29. The van der Waals surface area contributed by atoms with Crippen LogP contribution in [-0.2, 0) is 20.4 Å². The number of pyridine rings is 1. The van der Waals surface area contributed by atoms with Crippen LogP contribution in [-0.4, -0.2) is 34.5 Å². The van der Waals surface area contributed by atoms with Crippen molar-refractivity contribution in [1.29, 1.82) is 0 Å². The molecular weight excluding hydrogens is 287 g/mol. The van der Waals surface area contributed by atoms with E-state index in [0.717, 1.165) is 4.90 Å². The molecule has 0 aliphatic rings. The SMILES string of the molecule is CCCOC(=O)N(C)c1ncccc1COP(=O)(O)O. The van der Waals surface area contributed by atoms with Gasteiger partial charge in [-0.25, -0.2) is 14.3 Å². The van der Waals surface area contributed by atoms with Crippen molar-refractivity contribution < 1.29 is 28.4 Å². The number of aromatic nitrogens is 1. The van der Waals surface area contributed by atoms with Gasteiger partial charge in [0.1, 0.15) is 5.82 Å². The molecule has 0 aromatic carbocycles. The standard InChI is InChI=1S/C11H17N2O6P/c1-3-7-18-11(14)13(2)10-9(5-4-6-12-10)8-19-20(15,16)17/h4-6H,3,7-8H2,1-2H3,(H2,15,16,17). The average Bonchev–Trinajstić information content (AvgIpc) is 2.41. The zero-order valence-electron chi connectivity index (χ0n) is 11.2. The van der Waals surface area contributed by atoms with Gasteiger partial charge < -0.3 is 14.5 Å². The zero-order chi connectivity index (χ0) is 15.2. The number of carbonyl (C=O) groups is 1. The van der Waals surface area contributed by atoms with Crippen molar-refractivity contribution in [3.8, 4) is 0 Å². The summed E-state index contributed by atoms with van der Waals surface area (Å²) in [6, 6.07) is 3.13. The minimum atomic E-state index is -4.59. The van der Waals surface area contributed by atoms with Gasteiger partial charge in [0.05, 0.1) is 13.2 Å². The Kier molecular flexibility index (Phi) is 6.09. The molecule has 0 saturated heterocycles. The zero-order valence-corrected chi connectivity index (χ0v) is 12.1. The van der Waals surface area contributed by atoms with E-state index in [4.69, 9.17) is 14.5 Å². The Morgan fingerprint density at radius 2 is 2.20 bits per heavy atom. The van der Waals surface area contributed by atoms with Crippen molar-refractivity contribution in [2.24, 2.45) is 0 Å². The quantitative estimate of drug-likeness (QED) is 0.769. The number of nitrogens with zero attached hydrogens (tertiary/aromatic N) is 2. The minimum Gasteiger partial charge on any atom is -0.449 e. The first-order valence-corrected chi connectivity index (χ1v) is 7.42. The van der Waals surface area contributed by atoms with E-state index in [9.17, 15) is 9.36 Å². The summed E-state index contributed by atoms with van der Waals surface area (Å²) in [5, 5.41) is 0. The van der Waals surface area contributed by atoms with Crippen molar-refractivity contribution in [3.05, 3.63) is 23.9 Å². The van der Waals surface area contributed by atoms with Crippen LogP contribution in [0.25, 0.3) is 0 Å². The maximum Gasteiger partial charge on any atom is 0.469 e. The van der Waals surface area contributed by atoms with Gasteiger partial charge in [0, 0.05) is 18.8 Å².